The van der Waals surface area contributed by atoms with E-state index < -0.39 is 0 Å². The summed E-state index contributed by atoms with van der Waals surface area (Å²) in [4.78, 5) is 31.3. The molecule has 2 atom stereocenters. The van der Waals surface area contributed by atoms with Gasteiger partial charge in [0.05, 0.1) is 18.4 Å². The maximum absolute atomic E-state index is 13.2. The van der Waals surface area contributed by atoms with Gasteiger partial charge in [-0.1, -0.05) is 30.3 Å². The molecule has 7 heteroatoms. The van der Waals surface area contributed by atoms with Crippen molar-refractivity contribution in [3.8, 4) is 0 Å². The van der Waals surface area contributed by atoms with Crippen LogP contribution in [0.4, 0.5) is 14.9 Å². The van der Waals surface area contributed by atoms with Crippen LogP contribution in [0, 0.1) is 5.82 Å². The van der Waals surface area contributed by atoms with Gasteiger partial charge < -0.3 is 14.5 Å². The number of urea groups is 1. The summed E-state index contributed by atoms with van der Waals surface area (Å²) in [5.74, 6) is -0.0184. The van der Waals surface area contributed by atoms with Crippen molar-refractivity contribution in [3.63, 3.8) is 0 Å². The third-order valence-corrected chi connectivity index (χ3v) is 7.15. The highest BCUT2D eigenvalue weighted by molar-refractivity contribution is 6.15. The summed E-state index contributed by atoms with van der Waals surface area (Å²) in [5.41, 5.74) is 1.78. The van der Waals surface area contributed by atoms with E-state index in [0.717, 1.165) is 44.5 Å². The molecule has 2 aromatic carbocycles. The molecular formula is C26H30FN3O3. The first-order valence-electron chi connectivity index (χ1n) is 11.9. The monoisotopic (exact) mass is 451 g/mol. The lowest BCUT2D eigenvalue weighted by molar-refractivity contribution is -0.119. The summed E-state index contributed by atoms with van der Waals surface area (Å²) in [6.45, 7) is 3.88. The Morgan fingerprint density at radius 1 is 0.939 bits per heavy atom. The summed E-state index contributed by atoms with van der Waals surface area (Å²) >= 11 is 0. The van der Waals surface area contributed by atoms with Crippen LogP contribution < -0.4 is 4.90 Å². The Bertz CT molecular complexity index is 976. The number of nitrogens with zero attached hydrogens (tertiary/aromatic N) is 3. The van der Waals surface area contributed by atoms with Crippen molar-refractivity contribution >= 4 is 17.6 Å². The molecule has 33 heavy (non-hydrogen) atoms. The number of likely N-dealkylation sites (tertiary alicyclic amines) is 1. The first-order valence-corrected chi connectivity index (χ1v) is 11.9. The number of hydrogen-bond acceptors (Lipinski definition) is 4. The summed E-state index contributed by atoms with van der Waals surface area (Å²) in [7, 11) is 0. The van der Waals surface area contributed by atoms with Crippen molar-refractivity contribution in [1.82, 2.24) is 9.80 Å². The predicted octanol–water partition coefficient (Wildman–Crippen LogP) is 4.02. The molecular weight excluding hydrogens is 421 g/mol. The van der Waals surface area contributed by atoms with Crippen LogP contribution in [0.25, 0.3) is 0 Å². The number of carbonyl (C=O) groups is 2. The zero-order chi connectivity index (χ0) is 22.8. The largest absolute Gasteiger partial charge is 0.376 e. The number of carbonyl (C=O) groups excluding carboxylic acids is 2. The molecule has 0 saturated carbocycles. The fourth-order valence-electron chi connectivity index (χ4n) is 5.33. The zero-order valence-electron chi connectivity index (χ0n) is 18.7. The third-order valence-electron chi connectivity index (χ3n) is 7.15. The maximum Gasteiger partial charge on any atom is 0.331 e. The van der Waals surface area contributed by atoms with Gasteiger partial charge in [0.1, 0.15) is 5.82 Å². The Morgan fingerprint density at radius 2 is 1.67 bits per heavy atom. The fraction of sp³-hybridized carbons (Fsp3) is 0.462. The van der Waals surface area contributed by atoms with Crippen LogP contribution in [-0.2, 0) is 9.53 Å². The average molecular weight is 452 g/mol. The van der Waals surface area contributed by atoms with E-state index in [4.69, 9.17) is 4.74 Å². The van der Waals surface area contributed by atoms with Crippen LogP contribution in [0.5, 0.6) is 0 Å². The van der Waals surface area contributed by atoms with Crippen LogP contribution in [0.15, 0.2) is 54.6 Å². The zero-order valence-corrected chi connectivity index (χ0v) is 18.7. The molecule has 3 aliphatic rings. The minimum absolute atomic E-state index is 0.131. The van der Waals surface area contributed by atoms with Crippen molar-refractivity contribution in [2.75, 3.05) is 37.7 Å². The smallest absolute Gasteiger partial charge is 0.331 e. The van der Waals surface area contributed by atoms with Gasteiger partial charge in [-0.15, -0.1) is 0 Å². The van der Waals surface area contributed by atoms with Crippen molar-refractivity contribution in [2.45, 2.75) is 43.7 Å². The predicted molar refractivity (Wildman–Crippen MR) is 124 cm³/mol. The topological polar surface area (TPSA) is 53.1 Å². The summed E-state index contributed by atoms with van der Waals surface area (Å²) < 4.78 is 19.2. The van der Waals surface area contributed by atoms with Crippen LogP contribution >= 0.6 is 0 Å². The van der Waals surface area contributed by atoms with Crippen molar-refractivity contribution in [2.24, 2.45) is 0 Å². The van der Waals surface area contributed by atoms with Crippen LogP contribution in [0.2, 0.25) is 0 Å². The van der Waals surface area contributed by atoms with E-state index in [0.29, 0.717) is 31.2 Å². The highest BCUT2D eigenvalue weighted by Crippen LogP contribution is 2.31. The SMILES string of the molecule is O=C1CCN(C2CCN(CC3CC(c4ccc(F)cc4)CO3)CC2)C(=O)N1c1ccccc1. The molecule has 3 heterocycles. The number of rotatable bonds is 5. The minimum atomic E-state index is -0.208. The highest BCUT2D eigenvalue weighted by Gasteiger charge is 2.38. The second-order valence-electron chi connectivity index (χ2n) is 9.26. The number of ether oxygens (including phenoxy) is 1. The van der Waals surface area contributed by atoms with Gasteiger partial charge in [0, 0.05) is 44.6 Å². The molecule has 5 rings (SSSR count). The number of amides is 3. The van der Waals surface area contributed by atoms with Crippen LogP contribution in [0.1, 0.15) is 37.2 Å². The Kier molecular flexibility index (Phi) is 6.42. The Hall–Kier alpha value is -2.77. The van der Waals surface area contributed by atoms with E-state index >= 15 is 0 Å². The third kappa shape index (κ3) is 4.80. The summed E-state index contributed by atoms with van der Waals surface area (Å²) in [6, 6.07) is 15.9. The molecule has 3 amide bonds. The van der Waals surface area contributed by atoms with Gasteiger partial charge in [0.25, 0.3) is 0 Å². The van der Waals surface area contributed by atoms with Gasteiger partial charge in [-0.3, -0.25) is 4.79 Å². The molecule has 3 saturated heterocycles. The van der Waals surface area contributed by atoms with Crippen molar-refractivity contribution in [3.05, 3.63) is 66.0 Å². The number of para-hydroxylation sites is 1. The van der Waals surface area contributed by atoms with Crippen LogP contribution in [-0.4, -0.2) is 66.7 Å². The van der Waals surface area contributed by atoms with Gasteiger partial charge in [0.15, 0.2) is 0 Å². The molecule has 0 aromatic heterocycles. The van der Waals surface area contributed by atoms with Crippen molar-refractivity contribution in [1.29, 1.82) is 0 Å². The highest BCUT2D eigenvalue weighted by atomic mass is 19.1. The molecule has 0 aliphatic carbocycles. The molecule has 3 fully saturated rings. The maximum atomic E-state index is 13.2. The van der Waals surface area contributed by atoms with Crippen molar-refractivity contribution < 1.29 is 18.7 Å². The van der Waals surface area contributed by atoms with E-state index in [2.05, 4.69) is 4.90 Å². The molecule has 0 radical (unpaired) electrons. The number of piperidine rings is 1. The number of imide groups is 1. The fourth-order valence-corrected chi connectivity index (χ4v) is 5.33. The van der Waals surface area contributed by atoms with Gasteiger partial charge in [0.2, 0.25) is 5.91 Å². The van der Waals surface area contributed by atoms with E-state index in [-0.39, 0.29) is 29.9 Å². The minimum Gasteiger partial charge on any atom is -0.376 e. The summed E-state index contributed by atoms with van der Waals surface area (Å²) in [6.07, 6.45) is 3.29. The van der Waals surface area contributed by atoms with Gasteiger partial charge in [-0.2, -0.15) is 0 Å². The standard InChI is InChI=1S/C26H30FN3O3/c27-21-8-6-19(7-9-21)20-16-24(33-18-20)17-28-13-10-22(11-14-28)29-15-12-25(31)30(26(29)32)23-4-2-1-3-5-23/h1-9,20,22,24H,10-18H2. The molecule has 0 N–H and O–H groups in total. The first kappa shape index (κ1) is 22.0. The average Bonchev–Trinajstić information content (AvgIpc) is 3.29. The van der Waals surface area contributed by atoms with Gasteiger partial charge in [-0.05, 0) is 49.1 Å². The van der Waals surface area contributed by atoms with Gasteiger partial charge in [-0.25, -0.2) is 14.1 Å². The molecule has 2 unspecified atom stereocenters. The Labute approximate surface area is 193 Å². The lowest BCUT2D eigenvalue weighted by Crippen LogP contribution is -2.58. The van der Waals surface area contributed by atoms with E-state index in [1.165, 1.54) is 17.0 Å². The molecule has 0 bridgehead atoms. The normalized spacial score (nSPS) is 25.1. The number of hydrogen-bond donors (Lipinski definition) is 0. The lowest BCUT2D eigenvalue weighted by Gasteiger charge is -2.42. The Morgan fingerprint density at radius 3 is 2.39 bits per heavy atom. The van der Waals surface area contributed by atoms with Gasteiger partial charge >= 0.3 is 6.03 Å². The number of anilines is 1. The molecule has 174 valence electrons. The Balaban J connectivity index is 1.13. The number of benzene rings is 2. The molecule has 0 spiro atoms. The summed E-state index contributed by atoms with van der Waals surface area (Å²) in [5, 5.41) is 0. The van der Waals surface area contributed by atoms with E-state index in [1.54, 1.807) is 0 Å². The molecule has 6 nitrogen and oxygen atoms in total. The number of halogens is 1. The van der Waals surface area contributed by atoms with Crippen LogP contribution in [0.3, 0.4) is 0 Å². The quantitative estimate of drug-likeness (QED) is 0.689. The second-order valence-corrected chi connectivity index (χ2v) is 9.26. The molecule has 3 aliphatic heterocycles. The van der Waals surface area contributed by atoms with E-state index in [1.807, 2.05) is 47.4 Å². The molecule has 2 aromatic rings. The first-order chi connectivity index (χ1) is 16.1. The second kappa shape index (κ2) is 9.61. The van der Waals surface area contributed by atoms with E-state index in [9.17, 15) is 14.0 Å². The lowest BCUT2D eigenvalue weighted by atomic mass is 9.95.